The third kappa shape index (κ3) is 13.1. The second-order valence-electron chi connectivity index (χ2n) is 7.66. The van der Waals surface area contributed by atoms with Crippen molar-refractivity contribution in [3.8, 4) is 0 Å². The van der Waals surface area contributed by atoms with E-state index in [1.54, 1.807) is 0 Å². The Kier molecular flexibility index (Phi) is 13.2. The highest BCUT2D eigenvalue weighted by Crippen LogP contribution is 2.19. The van der Waals surface area contributed by atoms with Crippen LogP contribution < -0.4 is 10.6 Å². The minimum atomic E-state index is -0.720. The van der Waals surface area contributed by atoms with Crippen LogP contribution in [0.3, 0.4) is 0 Å². The minimum absolute atomic E-state index is 0.0936. The molecule has 152 valence electrons. The lowest BCUT2D eigenvalue weighted by Gasteiger charge is -2.18. The highest BCUT2D eigenvalue weighted by molar-refractivity contribution is 5.67. The molecule has 1 saturated heterocycles. The van der Waals surface area contributed by atoms with Gasteiger partial charge in [-0.15, -0.1) is 0 Å². The maximum absolute atomic E-state index is 11.0. The number of carboxylic acids is 2. The second kappa shape index (κ2) is 15.0. The first-order valence-corrected chi connectivity index (χ1v) is 10.5. The van der Waals surface area contributed by atoms with Crippen LogP contribution in [0.1, 0.15) is 83.5 Å². The molecule has 6 heteroatoms. The Hall–Kier alpha value is -1.14. The van der Waals surface area contributed by atoms with E-state index in [9.17, 15) is 9.59 Å². The summed E-state index contributed by atoms with van der Waals surface area (Å²) >= 11 is 0. The van der Waals surface area contributed by atoms with Crippen molar-refractivity contribution in [3.05, 3.63) is 0 Å². The fourth-order valence-corrected chi connectivity index (χ4v) is 3.73. The Morgan fingerprint density at radius 1 is 0.692 bits per heavy atom. The highest BCUT2D eigenvalue weighted by Gasteiger charge is 2.14. The van der Waals surface area contributed by atoms with Crippen LogP contribution in [-0.2, 0) is 9.59 Å². The lowest BCUT2D eigenvalue weighted by atomic mass is 9.94. The first-order chi connectivity index (χ1) is 12.6. The van der Waals surface area contributed by atoms with Crippen molar-refractivity contribution < 1.29 is 19.8 Å². The van der Waals surface area contributed by atoms with Crippen LogP contribution in [0.5, 0.6) is 0 Å². The molecular formula is C20H38N2O4. The molecule has 0 aromatic heterocycles. The van der Waals surface area contributed by atoms with Crippen molar-refractivity contribution >= 4 is 11.9 Å². The molecule has 4 N–H and O–H groups in total. The van der Waals surface area contributed by atoms with E-state index in [4.69, 9.17) is 10.2 Å². The molecule has 6 nitrogen and oxygen atoms in total. The van der Waals surface area contributed by atoms with Gasteiger partial charge in [-0.2, -0.15) is 0 Å². The van der Waals surface area contributed by atoms with Crippen molar-refractivity contribution in [2.75, 3.05) is 19.6 Å². The predicted molar refractivity (Wildman–Crippen MR) is 103 cm³/mol. The van der Waals surface area contributed by atoms with Gasteiger partial charge in [0.1, 0.15) is 0 Å². The molecule has 1 rings (SSSR count). The number of carbonyl (C=O) groups is 2. The predicted octanol–water partition coefficient (Wildman–Crippen LogP) is 3.40. The summed E-state index contributed by atoms with van der Waals surface area (Å²) in [6.07, 6.45) is 12.4. The number of carboxylic acid groups (broad SMARTS) is 2. The molecule has 0 spiro atoms. The quantitative estimate of drug-likeness (QED) is 0.605. The summed E-state index contributed by atoms with van der Waals surface area (Å²) in [7, 11) is 0. The van der Waals surface area contributed by atoms with Gasteiger partial charge in [-0.25, -0.2) is 0 Å². The van der Waals surface area contributed by atoms with Gasteiger partial charge in [0.15, 0.2) is 0 Å². The molecule has 0 saturated carbocycles. The fraction of sp³-hybridized carbons (Fsp3) is 0.900. The number of hydrogen-bond donors (Lipinski definition) is 4. The Labute approximate surface area is 158 Å². The molecule has 0 amide bonds. The van der Waals surface area contributed by atoms with E-state index in [1.165, 1.54) is 19.3 Å². The largest absolute Gasteiger partial charge is 0.481 e. The van der Waals surface area contributed by atoms with Crippen LogP contribution >= 0.6 is 0 Å². The van der Waals surface area contributed by atoms with Gasteiger partial charge in [0.05, 0.1) is 6.42 Å². The Bertz CT molecular complexity index is 334. The molecular weight excluding hydrogens is 332 g/mol. The molecule has 26 heavy (non-hydrogen) atoms. The van der Waals surface area contributed by atoms with Gasteiger partial charge >= 0.3 is 11.9 Å². The van der Waals surface area contributed by atoms with E-state index in [1.807, 2.05) is 0 Å². The van der Waals surface area contributed by atoms with Crippen LogP contribution in [-0.4, -0.2) is 47.8 Å². The summed E-state index contributed by atoms with van der Waals surface area (Å²) in [6, 6.07) is 0.0936. The van der Waals surface area contributed by atoms with Gasteiger partial charge in [-0.1, -0.05) is 38.5 Å². The van der Waals surface area contributed by atoms with Crippen LogP contribution in [0.4, 0.5) is 0 Å². The zero-order chi connectivity index (χ0) is 19.0. The van der Waals surface area contributed by atoms with Gasteiger partial charge in [-0.05, 0) is 57.7 Å². The number of rotatable bonds is 4. The summed E-state index contributed by atoms with van der Waals surface area (Å²) in [4.78, 5) is 22.0. The Balaban J connectivity index is 2.38. The van der Waals surface area contributed by atoms with E-state index in [0.717, 1.165) is 71.0 Å². The van der Waals surface area contributed by atoms with Gasteiger partial charge in [0.2, 0.25) is 0 Å². The van der Waals surface area contributed by atoms with Gasteiger partial charge in [0, 0.05) is 12.5 Å². The SMILES string of the molecule is O=C(O)CC1CCCCCCCCC(CC(=O)O)NCCCCNCC1. The second-order valence-corrected chi connectivity index (χ2v) is 7.66. The lowest BCUT2D eigenvalue weighted by Crippen LogP contribution is -2.32. The summed E-state index contributed by atoms with van der Waals surface area (Å²) in [5.74, 6) is -1.11. The van der Waals surface area contributed by atoms with Gasteiger partial charge in [0.25, 0.3) is 0 Å². The van der Waals surface area contributed by atoms with Gasteiger partial charge in [-0.3, -0.25) is 9.59 Å². The molecule has 0 radical (unpaired) electrons. The lowest BCUT2D eigenvalue weighted by molar-refractivity contribution is -0.139. The normalized spacial score (nSPS) is 25.7. The molecule has 1 aliphatic rings. The van der Waals surface area contributed by atoms with Crippen molar-refractivity contribution in [2.24, 2.45) is 5.92 Å². The average Bonchev–Trinajstić information content (AvgIpc) is 2.57. The standard InChI is InChI=1S/C20H38N2O4/c23-19(24)15-17-9-5-3-1-2-4-6-10-18(16-20(25)26)22-13-8-7-12-21-14-11-17/h17-18,21-22H,1-16H2,(H,23,24)(H,25,26). The van der Waals surface area contributed by atoms with Crippen molar-refractivity contribution in [1.82, 2.24) is 10.6 Å². The molecule has 1 aliphatic heterocycles. The van der Waals surface area contributed by atoms with Crippen molar-refractivity contribution in [2.45, 2.75) is 89.5 Å². The van der Waals surface area contributed by atoms with E-state index in [-0.39, 0.29) is 24.8 Å². The molecule has 2 atom stereocenters. The molecule has 2 unspecified atom stereocenters. The van der Waals surface area contributed by atoms with Crippen LogP contribution in [0.25, 0.3) is 0 Å². The first kappa shape index (κ1) is 22.9. The fourth-order valence-electron chi connectivity index (χ4n) is 3.73. The average molecular weight is 371 g/mol. The third-order valence-electron chi connectivity index (χ3n) is 5.24. The summed E-state index contributed by atoms with van der Waals surface area (Å²) in [5, 5.41) is 25.0. The Morgan fingerprint density at radius 2 is 1.31 bits per heavy atom. The molecule has 1 heterocycles. The number of hydrogen-bond acceptors (Lipinski definition) is 4. The van der Waals surface area contributed by atoms with E-state index in [2.05, 4.69) is 10.6 Å². The number of aliphatic carboxylic acids is 2. The minimum Gasteiger partial charge on any atom is -0.481 e. The van der Waals surface area contributed by atoms with Crippen molar-refractivity contribution in [1.29, 1.82) is 0 Å². The maximum atomic E-state index is 11.0. The first-order valence-electron chi connectivity index (χ1n) is 10.5. The summed E-state index contributed by atoms with van der Waals surface area (Å²) in [6.45, 7) is 2.68. The monoisotopic (exact) mass is 370 g/mol. The highest BCUT2D eigenvalue weighted by atomic mass is 16.4. The van der Waals surface area contributed by atoms with Crippen LogP contribution in [0.2, 0.25) is 0 Å². The van der Waals surface area contributed by atoms with Crippen LogP contribution in [0.15, 0.2) is 0 Å². The van der Waals surface area contributed by atoms with E-state index < -0.39 is 11.9 Å². The van der Waals surface area contributed by atoms with E-state index in [0.29, 0.717) is 0 Å². The smallest absolute Gasteiger partial charge is 0.304 e. The molecule has 0 aromatic rings. The zero-order valence-electron chi connectivity index (χ0n) is 16.2. The summed E-state index contributed by atoms with van der Waals surface area (Å²) in [5.41, 5.74) is 0. The summed E-state index contributed by atoms with van der Waals surface area (Å²) < 4.78 is 0. The Morgan fingerprint density at radius 3 is 2.00 bits per heavy atom. The topological polar surface area (TPSA) is 98.7 Å². The van der Waals surface area contributed by atoms with Gasteiger partial charge < -0.3 is 20.8 Å². The third-order valence-corrected chi connectivity index (χ3v) is 5.24. The maximum Gasteiger partial charge on any atom is 0.304 e. The van der Waals surface area contributed by atoms with Crippen LogP contribution in [0, 0.1) is 5.92 Å². The number of nitrogens with one attached hydrogen (secondary N) is 2. The van der Waals surface area contributed by atoms with E-state index >= 15 is 0 Å². The molecule has 0 aromatic carbocycles. The molecule has 0 bridgehead atoms. The molecule has 1 fully saturated rings. The molecule has 0 aliphatic carbocycles. The van der Waals surface area contributed by atoms with Crippen molar-refractivity contribution in [3.63, 3.8) is 0 Å². The zero-order valence-corrected chi connectivity index (χ0v) is 16.2.